The van der Waals surface area contributed by atoms with Crippen LogP contribution in [0, 0.1) is 0 Å². The summed E-state index contributed by atoms with van der Waals surface area (Å²) in [6.45, 7) is 6.24. The Kier molecular flexibility index (Phi) is 51.6. The first kappa shape index (κ1) is 64.0. The van der Waals surface area contributed by atoms with Gasteiger partial charge in [-0.2, -0.15) is 0 Å². The van der Waals surface area contributed by atoms with Crippen molar-refractivity contribution in [3.8, 4) is 0 Å². The second kappa shape index (κ2) is 55.6. The zero-order chi connectivity index (χ0) is 50.0. The molecule has 0 saturated carbocycles. The number of carbonyl (C=O) groups is 3. The third-order valence-electron chi connectivity index (χ3n) is 10.5. The SMILES string of the molecule is CC/C=C\C/C=C\C/C=C\C/C=C\C/C=C\CCCC(=O)OC[C@H](COC(=O)CCCCC/C=C\C/C=C\C/C=C\C/C=C\CCCCC)OC(=O)CCCC/C=C\C/C=C\C/C=C\C/C=C\CC. The van der Waals surface area contributed by atoms with E-state index in [1.165, 1.54) is 25.7 Å². The Hall–Kier alpha value is -4.97. The molecule has 0 saturated heterocycles. The van der Waals surface area contributed by atoms with Crippen molar-refractivity contribution in [2.75, 3.05) is 13.2 Å². The Bertz CT molecular complexity index is 1610. The number of hydrogen-bond acceptors (Lipinski definition) is 6. The summed E-state index contributed by atoms with van der Waals surface area (Å²) in [4.78, 5) is 38.1. The van der Waals surface area contributed by atoms with Crippen molar-refractivity contribution < 1.29 is 28.6 Å². The Morgan fingerprint density at radius 2 is 0.580 bits per heavy atom. The topological polar surface area (TPSA) is 78.9 Å². The molecular weight excluding hydrogens is 853 g/mol. The van der Waals surface area contributed by atoms with Gasteiger partial charge < -0.3 is 14.2 Å². The minimum absolute atomic E-state index is 0.137. The molecule has 0 fully saturated rings. The van der Waals surface area contributed by atoms with Gasteiger partial charge >= 0.3 is 17.9 Å². The van der Waals surface area contributed by atoms with E-state index < -0.39 is 6.10 Å². The average Bonchev–Trinajstić information content (AvgIpc) is 3.35. The Labute approximate surface area is 422 Å². The van der Waals surface area contributed by atoms with Crippen molar-refractivity contribution in [3.63, 3.8) is 0 Å². The first-order valence-corrected chi connectivity index (χ1v) is 27.0. The predicted molar refractivity (Wildman–Crippen MR) is 297 cm³/mol. The summed E-state index contributed by atoms with van der Waals surface area (Å²) in [5.74, 6) is -1.08. The van der Waals surface area contributed by atoms with Gasteiger partial charge in [0.15, 0.2) is 6.10 Å². The molecule has 1 atom stereocenters. The molecule has 0 amide bonds. The molecule has 0 rings (SSSR count). The maximum absolute atomic E-state index is 12.8. The average molecular weight is 949 g/mol. The van der Waals surface area contributed by atoms with E-state index in [1.807, 2.05) is 0 Å². The number of hydrogen-bond donors (Lipinski definition) is 0. The summed E-state index contributed by atoms with van der Waals surface area (Å²) in [7, 11) is 0. The fourth-order valence-corrected chi connectivity index (χ4v) is 6.51. The molecule has 0 bridgehead atoms. The van der Waals surface area contributed by atoms with Crippen molar-refractivity contribution in [1.82, 2.24) is 0 Å². The molecule has 0 heterocycles. The lowest BCUT2D eigenvalue weighted by Crippen LogP contribution is -2.30. The van der Waals surface area contributed by atoms with Gasteiger partial charge in [0.25, 0.3) is 0 Å². The van der Waals surface area contributed by atoms with Gasteiger partial charge in [-0.05, 0) is 141 Å². The van der Waals surface area contributed by atoms with Crippen LogP contribution < -0.4 is 0 Å². The molecule has 0 aliphatic carbocycles. The number of carbonyl (C=O) groups excluding carboxylic acids is 3. The highest BCUT2D eigenvalue weighted by Gasteiger charge is 2.19. The van der Waals surface area contributed by atoms with Crippen LogP contribution >= 0.6 is 0 Å². The largest absolute Gasteiger partial charge is 0.462 e. The molecule has 0 aliphatic rings. The lowest BCUT2D eigenvalue weighted by molar-refractivity contribution is -0.167. The quantitative estimate of drug-likeness (QED) is 0.0262. The van der Waals surface area contributed by atoms with Crippen molar-refractivity contribution in [3.05, 3.63) is 158 Å². The third-order valence-corrected chi connectivity index (χ3v) is 10.5. The van der Waals surface area contributed by atoms with Crippen molar-refractivity contribution >= 4 is 17.9 Å². The first-order chi connectivity index (χ1) is 34.0. The summed E-state index contributed by atoms with van der Waals surface area (Å²) < 4.78 is 16.7. The van der Waals surface area contributed by atoms with Gasteiger partial charge in [0.1, 0.15) is 13.2 Å². The molecule has 0 unspecified atom stereocenters. The fraction of sp³-hybridized carbons (Fsp3) is 0.540. The van der Waals surface area contributed by atoms with Crippen LogP contribution in [0.4, 0.5) is 0 Å². The van der Waals surface area contributed by atoms with Crippen molar-refractivity contribution in [2.24, 2.45) is 0 Å². The van der Waals surface area contributed by atoms with Crippen LogP contribution in [0.15, 0.2) is 158 Å². The van der Waals surface area contributed by atoms with Crippen LogP contribution in [0.5, 0.6) is 0 Å². The first-order valence-electron chi connectivity index (χ1n) is 27.0. The fourth-order valence-electron chi connectivity index (χ4n) is 6.51. The Morgan fingerprint density at radius 3 is 0.942 bits per heavy atom. The maximum atomic E-state index is 12.8. The molecule has 6 nitrogen and oxygen atoms in total. The Balaban J connectivity index is 4.63. The standard InChI is InChI=1S/C63H96O6/c1-4-7-10-13-16-19-22-25-28-30-31-33-36-38-41-44-47-50-53-56-62(65)68-59-60(69-63(66)57-54-51-48-45-42-39-34-27-24-21-18-15-12-9-6-3)58-67-61(64)55-52-49-46-43-40-37-35-32-29-26-23-20-17-14-11-8-5-2/h8-9,11-12,16-21,25-29,31,33-35,37-38,41-43,45-46,60H,4-7,10,13-15,22-24,30,32,36,39-40,44,47-59H2,1-3H3/b11-8-,12-9-,19-16-,20-17-,21-18-,28-25-,29-26-,33-31-,34-27-,37-35-,41-38-,45-42-,46-43-/t60-/m1/s1. The highest BCUT2D eigenvalue weighted by Crippen LogP contribution is 2.10. The second-order valence-electron chi connectivity index (χ2n) is 17.0. The number of unbranched alkanes of at least 4 members (excludes halogenated alkanes) is 9. The van der Waals surface area contributed by atoms with Gasteiger partial charge in [0.05, 0.1) is 0 Å². The van der Waals surface area contributed by atoms with Crippen molar-refractivity contribution in [2.45, 2.75) is 207 Å². The van der Waals surface area contributed by atoms with Crippen LogP contribution in [0.3, 0.4) is 0 Å². The predicted octanol–water partition coefficient (Wildman–Crippen LogP) is 18.2. The summed E-state index contributed by atoms with van der Waals surface area (Å²) in [5, 5.41) is 0. The molecule has 6 heteroatoms. The van der Waals surface area contributed by atoms with Crippen LogP contribution in [0.1, 0.15) is 201 Å². The summed E-state index contributed by atoms with van der Waals surface area (Å²) >= 11 is 0. The smallest absolute Gasteiger partial charge is 0.306 e. The van der Waals surface area contributed by atoms with Crippen LogP contribution in [-0.4, -0.2) is 37.2 Å². The van der Waals surface area contributed by atoms with E-state index in [4.69, 9.17) is 14.2 Å². The molecular formula is C63H96O6. The summed E-state index contributed by atoms with van der Waals surface area (Å²) in [6.07, 6.45) is 80.9. The molecule has 0 aliphatic heterocycles. The van der Waals surface area contributed by atoms with E-state index >= 15 is 0 Å². The number of allylic oxidation sites excluding steroid dienone is 26. The van der Waals surface area contributed by atoms with Gasteiger partial charge in [-0.3, -0.25) is 14.4 Å². The van der Waals surface area contributed by atoms with Crippen molar-refractivity contribution in [1.29, 1.82) is 0 Å². The van der Waals surface area contributed by atoms with E-state index in [2.05, 4.69) is 179 Å². The lowest BCUT2D eigenvalue weighted by atomic mass is 10.1. The van der Waals surface area contributed by atoms with E-state index in [1.54, 1.807) is 0 Å². The highest BCUT2D eigenvalue weighted by atomic mass is 16.6. The summed E-state index contributed by atoms with van der Waals surface area (Å²) in [5.41, 5.74) is 0. The van der Waals surface area contributed by atoms with E-state index in [9.17, 15) is 14.4 Å². The summed E-state index contributed by atoms with van der Waals surface area (Å²) in [6, 6.07) is 0. The molecule has 0 spiro atoms. The lowest BCUT2D eigenvalue weighted by Gasteiger charge is -2.18. The van der Waals surface area contributed by atoms with E-state index in [0.29, 0.717) is 19.3 Å². The zero-order valence-electron chi connectivity index (χ0n) is 43.8. The minimum atomic E-state index is -0.844. The zero-order valence-corrected chi connectivity index (χ0v) is 43.8. The van der Waals surface area contributed by atoms with E-state index in [0.717, 1.165) is 122 Å². The maximum Gasteiger partial charge on any atom is 0.306 e. The van der Waals surface area contributed by atoms with E-state index in [-0.39, 0.29) is 44.0 Å². The van der Waals surface area contributed by atoms with Crippen LogP contribution in [0.25, 0.3) is 0 Å². The number of esters is 3. The van der Waals surface area contributed by atoms with Gasteiger partial charge in [-0.25, -0.2) is 0 Å². The van der Waals surface area contributed by atoms with Gasteiger partial charge in [0.2, 0.25) is 0 Å². The normalized spacial score (nSPS) is 13.4. The second-order valence-corrected chi connectivity index (χ2v) is 17.0. The molecule has 0 radical (unpaired) electrons. The third kappa shape index (κ3) is 53.8. The molecule has 0 aromatic heterocycles. The van der Waals surface area contributed by atoms with Gasteiger partial charge in [-0.1, -0.05) is 198 Å². The van der Waals surface area contributed by atoms with Crippen LogP contribution in [-0.2, 0) is 28.6 Å². The number of ether oxygens (including phenoxy) is 3. The Morgan fingerprint density at radius 1 is 0.304 bits per heavy atom. The minimum Gasteiger partial charge on any atom is -0.462 e. The monoisotopic (exact) mass is 949 g/mol. The van der Waals surface area contributed by atoms with Crippen LogP contribution in [0.2, 0.25) is 0 Å². The molecule has 0 N–H and O–H groups in total. The molecule has 69 heavy (non-hydrogen) atoms. The molecule has 0 aromatic carbocycles. The molecule has 0 aromatic rings. The van der Waals surface area contributed by atoms with Gasteiger partial charge in [-0.15, -0.1) is 0 Å². The van der Waals surface area contributed by atoms with Gasteiger partial charge in [0, 0.05) is 19.3 Å². The molecule has 384 valence electrons. The highest BCUT2D eigenvalue weighted by molar-refractivity contribution is 5.71. The number of rotatable bonds is 46.